The number of carbonyl (C=O) groups excluding carboxylic acids is 2. The van der Waals surface area contributed by atoms with Gasteiger partial charge in [0.05, 0.1) is 5.92 Å². The number of hydrogen-bond donors (Lipinski definition) is 0. The zero-order chi connectivity index (χ0) is 24.3. The third-order valence-corrected chi connectivity index (χ3v) is 6.86. The Kier molecular flexibility index (Phi) is 7.76. The maximum Gasteiger partial charge on any atom is 0.174 e. The van der Waals surface area contributed by atoms with Gasteiger partial charge in [-0.1, -0.05) is 65.7 Å². The molecule has 3 aromatic rings. The summed E-state index contributed by atoms with van der Waals surface area (Å²) in [6.45, 7) is 11.7. The maximum absolute atomic E-state index is 14.2. The molecule has 0 aromatic heterocycles. The van der Waals surface area contributed by atoms with E-state index >= 15 is 0 Å². The molecule has 3 aromatic carbocycles. The van der Waals surface area contributed by atoms with Crippen LogP contribution in [0.25, 0.3) is 0 Å². The fourth-order valence-corrected chi connectivity index (χ4v) is 5.70. The SMILES string of the molecule is Cc1cc(C)c(C(=O)C(C(=O)c2c(C)cc(C)cc2C)C(CP=O)c2ccccc2)c(C)c1. The van der Waals surface area contributed by atoms with Crippen LogP contribution in [0.4, 0.5) is 0 Å². The average molecular weight is 459 g/mol. The summed E-state index contributed by atoms with van der Waals surface area (Å²) in [7, 11) is -0.0934. The lowest BCUT2D eigenvalue weighted by molar-refractivity contribution is 0.0787. The second-order valence-corrected chi connectivity index (χ2v) is 9.71. The monoisotopic (exact) mass is 458 g/mol. The molecule has 0 bridgehead atoms. The van der Waals surface area contributed by atoms with Crippen molar-refractivity contribution in [3.05, 3.63) is 105 Å². The average Bonchev–Trinajstić information content (AvgIpc) is 2.72. The summed E-state index contributed by atoms with van der Waals surface area (Å²) >= 11 is 0. The van der Waals surface area contributed by atoms with E-state index in [-0.39, 0.29) is 26.2 Å². The van der Waals surface area contributed by atoms with Crippen LogP contribution >= 0.6 is 8.46 Å². The van der Waals surface area contributed by atoms with Crippen LogP contribution in [0.15, 0.2) is 54.6 Å². The van der Waals surface area contributed by atoms with Gasteiger partial charge in [-0.2, -0.15) is 0 Å². The molecule has 3 rings (SSSR count). The molecule has 0 aliphatic carbocycles. The van der Waals surface area contributed by atoms with Gasteiger partial charge in [0.25, 0.3) is 0 Å². The molecule has 0 saturated heterocycles. The van der Waals surface area contributed by atoms with Gasteiger partial charge in [-0.3, -0.25) is 14.2 Å². The molecule has 0 fully saturated rings. The van der Waals surface area contributed by atoms with E-state index in [1.807, 2.05) is 96.1 Å². The highest BCUT2D eigenvalue weighted by molar-refractivity contribution is 7.23. The van der Waals surface area contributed by atoms with E-state index in [1.54, 1.807) is 0 Å². The predicted molar refractivity (Wildman–Crippen MR) is 135 cm³/mol. The number of aryl methyl sites for hydroxylation is 6. The van der Waals surface area contributed by atoms with Crippen molar-refractivity contribution in [2.24, 2.45) is 5.92 Å². The van der Waals surface area contributed by atoms with Crippen molar-refractivity contribution in [2.45, 2.75) is 47.5 Å². The maximum atomic E-state index is 14.2. The summed E-state index contributed by atoms with van der Waals surface area (Å²) in [5.41, 5.74) is 7.61. The van der Waals surface area contributed by atoms with Crippen molar-refractivity contribution in [2.75, 3.05) is 6.16 Å². The van der Waals surface area contributed by atoms with E-state index in [0.29, 0.717) is 11.1 Å². The summed E-state index contributed by atoms with van der Waals surface area (Å²) in [4.78, 5) is 28.3. The number of Topliss-reactive ketones (excluding diaryl/α,β-unsaturated/α-hetero) is 2. The van der Waals surface area contributed by atoms with Gasteiger partial charge in [-0.25, -0.2) is 0 Å². The van der Waals surface area contributed by atoms with Crippen molar-refractivity contribution in [3.63, 3.8) is 0 Å². The standard InChI is InChI=1S/C29H31O3P/c1-17-12-19(3)25(20(4)13-17)28(30)27(24(16-33-32)23-10-8-7-9-11-23)29(31)26-21(5)14-18(2)15-22(26)6/h7-15,24,27H,16H2,1-6H3. The topological polar surface area (TPSA) is 51.2 Å². The van der Waals surface area contributed by atoms with Gasteiger partial charge in [0.1, 0.15) is 0 Å². The molecule has 33 heavy (non-hydrogen) atoms. The van der Waals surface area contributed by atoms with Crippen molar-refractivity contribution in [1.29, 1.82) is 0 Å². The smallest absolute Gasteiger partial charge is 0.174 e. The summed E-state index contributed by atoms with van der Waals surface area (Å²) in [5.74, 6) is -1.86. The van der Waals surface area contributed by atoms with Crippen molar-refractivity contribution < 1.29 is 14.2 Å². The van der Waals surface area contributed by atoms with Crippen molar-refractivity contribution >= 4 is 20.0 Å². The molecule has 0 amide bonds. The van der Waals surface area contributed by atoms with E-state index in [2.05, 4.69) is 0 Å². The predicted octanol–water partition coefficient (Wildman–Crippen LogP) is 7.29. The van der Waals surface area contributed by atoms with Crippen molar-refractivity contribution in [1.82, 2.24) is 0 Å². The summed E-state index contributed by atoms with van der Waals surface area (Å²) in [6.07, 6.45) is 0.195. The van der Waals surface area contributed by atoms with Crippen LogP contribution in [0.5, 0.6) is 0 Å². The van der Waals surface area contributed by atoms with Gasteiger partial charge in [-0.15, -0.1) is 0 Å². The number of benzene rings is 3. The molecular weight excluding hydrogens is 427 g/mol. The molecule has 0 spiro atoms. The first kappa shape index (κ1) is 24.7. The van der Waals surface area contributed by atoms with Gasteiger partial charge in [0.15, 0.2) is 20.0 Å². The van der Waals surface area contributed by atoms with Gasteiger partial charge in [0, 0.05) is 23.2 Å². The second kappa shape index (κ2) is 10.4. The molecule has 0 aliphatic heterocycles. The Hall–Kier alpha value is -2.90. The molecule has 4 heteroatoms. The van der Waals surface area contributed by atoms with Gasteiger partial charge >= 0.3 is 0 Å². The number of ketones is 2. The summed E-state index contributed by atoms with van der Waals surface area (Å²) < 4.78 is 11.8. The molecule has 0 heterocycles. The van der Waals surface area contributed by atoms with Crippen LogP contribution in [0.1, 0.15) is 65.6 Å². The van der Waals surface area contributed by atoms with Gasteiger partial charge < -0.3 is 0 Å². The van der Waals surface area contributed by atoms with Crippen LogP contribution in [-0.2, 0) is 4.57 Å². The molecule has 0 aliphatic rings. The third kappa shape index (κ3) is 5.20. The number of carbonyl (C=O) groups is 2. The van der Waals surface area contributed by atoms with Crippen LogP contribution in [-0.4, -0.2) is 17.7 Å². The summed E-state index contributed by atoms with van der Waals surface area (Å²) in [5, 5.41) is 0. The highest BCUT2D eigenvalue weighted by atomic mass is 31.1. The highest BCUT2D eigenvalue weighted by Crippen LogP contribution is 2.36. The molecule has 1 atom stereocenters. The van der Waals surface area contributed by atoms with E-state index in [4.69, 9.17) is 0 Å². The lowest BCUT2D eigenvalue weighted by atomic mass is 9.75. The highest BCUT2D eigenvalue weighted by Gasteiger charge is 2.39. The van der Waals surface area contributed by atoms with Gasteiger partial charge in [0.2, 0.25) is 0 Å². The normalized spacial score (nSPS) is 12.2. The molecule has 0 radical (unpaired) electrons. The zero-order valence-electron chi connectivity index (χ0n) is 20.2. The fraction of sp³-hybridized carbons (Fsp3) is 0.310. The molecular formula is C29H31O3P. The second-order valence-electron chi connectivity index (χ2n) is 9.08. The Balaban J connectivity index is 2.26. The number of hydrogen-bond acceptors (Lipinski definition) is 3. The first-order valence-electron chi connectivity index (χ1n) is 11.2. The number of rotatable bonds is 8. The third-order valence-electron chi connectivity index (χ3n) is 6.31. The minimum atomic E-state index is -0.964. The fourth-order valence-electron chi connectivity index (χ4n) is 5.12. The first-order chi connectivity index (χ1) is 15.6. The van der Waals surface area contributed by atoms with Crippen LogP contribution in [0.2, 0.25) is 0 Å². The lowest BCUT2D eigenvalue weighted by Gasteiger charge is -2.27. The Labute approximate surface area is 198 Å². The minimum Gasteiger partial charge on any atom is -0.293 e. The largest absolute Gasteiger partial charge is 0.293 e. The Morgan fingerprint density at radius 3 is 1.45 bits per heavy atom. The van der Waals surface area contributed by atoms with E-state index in [1.165, 1.54) is 0 Å². The quantitative estimate of drug-likeness (QED) is 0.202. The lowest BCUT2D eigenvalue weighted by Crippen LogP contribution is -2.33. The molecule has 1 unspecified atom stereocenters. The van der Waals surface area contributed by atoms with Gasteiger partial charge in [-0.05, 0) is 69.4 Å². The molecule has 0 N–H and O–H groups in total. The zero-order valence-corrected chi connectivity index (χ0v) is 21.1. The molecule has 0 saturated carbocycles. The first-order valence-corrected chi connectivity index (χ1v) is 12.2. The summed E-state index contributed by atoms with van der Waals surface area (Å²) in [6, 6.07) is 17.4. The van der Waals surface area contributed by atoms with E-state index in [0.717, 1.165) is 38.9 Å². The molecule has 170 valence electrons. The Bertz CT molecular complexity index is 1100. The van der Waals surface area contributed by atoms with Crippen LogP contribution in [0.3, 0.4) is 0 Å². The van der Waals surface area contributed by atoms with Crippen molar-refractivity contribution in [3.8, 4) is 0 Å². The molecule has 3 nitrogen and oxygen atoms in total. The van der Waals surface area contributed by atoms with Crippen LogP contribution < -0.4 is 0 Å². The minimum absolute atomic E-state index is 0.0934. The van der Waals surface area contributed by atoms with E-state index in [9.17, 15) is 14.2 Å². The van der Waals surface area contributed by atoms with Crippen LogP contribution in [0, 0.1) is 47.5 Å². The Morgan fingerprint density at radius 2 is 1.09 bits per heavy atom. The van der Waals surface area contributed by atoms with E-state index < -0.39 is 11.8 Å². The Morgan fingerprint density at radius 1 is 0.697 bits per heavy atom.